The largest absolute Gasteiger partial charge is 0.416 e. The third-order valence-electron chi connectivity index (χ3n) is 5.22. The zero-order valence-electron chi connectivity index (χ0n) is 16.8. The van der Waals surface area contributed by atoms with Gasteiger partial charge in [0.2, 0.25) is 0 Å². The van der Waals surface area contributed by atoms with Crippen molar-refractivity contribution in [3.8, 4) is 0 Å². The van der Waals surface area contributed by atoms with E-state index < -0.39 is 11.7 Å². The van der Waals surface area contributed by atoms with E-state index in [1.165, 1.54) is 12.1 Å². The summed E-state index contributed by atoms with van der Waals surface area (Å²) >= 11 is 0. The fourth-order valence-corrected chi connectivity index (χ4v) is 3.71. The van der Waals surface area contributed by atoms with E-state index in [0.717, 1.165) is 37.8 Å². The van der Waals surface area contributed by atoms with Crippen molar-refractivity contribution in [2.75, 3.05) is 44.8 Å². The highest BCUT2D eigenvalue weighted by atomic mass is 19.4. The van der Waals surface area contributed by atoms with Crippen LogP contribution in [0.15, 0.2) is 24.3 Å². The molecule has 7 nitrogen and oxygen atoms in total. The third-order valence-corrected chi connectivity index (χ3v) is 5.22. The van der Waals surface area contributed by atoms with Crippen molar-refractivity contribution < 1.29 is 17.9 Å². The number of anilines is 1. The second kappa shape index (κ2) is 9.53. The lowest BCUT2D eigenvalue weighted by molar-refractivity contribution is -0.137. The summed E-state index contributed by atoms with van der Waals surface area (Å²) in [5.41, 5.74) is -0.00458. The smallest absolute Gasteiger partial charge is 0.383 e. The lowest BCUT2D eigenvalue weighted by Gasteiger charge is -2.39. The molecule has 0 bridgehead atoms. The first-order chi connectivity index (χ1) is 13.9. The molecule has 2 heterocycles. The van der Waals surface area contributed by atoms with Crippen molar-refractivity contribution in [3.63, 3.8) is 0 Å². The SMILES string of the molecule is CCC[C@@H](c1nnnn1CCOC)N1CCN(c2cccc(C(F)(F)F)c2)CC1. The minimum absolute atomic E-state index is 0.0792. The van der Waals surface area contributed by atoms with Crippen molar-refractivity contribution in [1.29, 1.82) is 0 Å². The molecule has 1 aromatic heterocycles. The van der Waals surface area contributed by atoms with E-state index in [0.29, 0.717) is 31.9 Å². The van der Waals surface area contributed by atoms with Gasteiger partial charge < -0.3 is 9.64 Å². The van der Waals surface area contributed by atoms with E-state index in [9.17, 15) is 13.2 Å². The summed E-state index contributed by atoms with van der Waals surface area (Å²) in [6, 6.07) is 5.62. The van der Waals surface area contributed by atoms with E-state index in [-0.39, 0.29) is 6.04 Å². The molecule has 0 spiro atoms. The Morgan fingerprint density at radius 1 is 1.17 bits per heavy atom. The lowest BCUT2D eigenvalue weighted by Crippen LogP contribution is -2.48. The quantitative estimate of drug-likeness (QED) is 0.664. The van der Waals surface area contributed by atoms with Crippen LogP contribution in [-0.4, -0.2) is 65.0 Å². The number of methoxy groups -OCH3 is 1. The number of nitrogens with zero attached hydrogens (tertiary/aromatic N) is 6. The van der Waals surface area contributed by atoms with Gasteiger partial charge in [0.05, 0.1) is 24.8 Å². The highest BCUT2D eigenvalue weighted by Crippen LogP contribution is 2.32. The van der Waals surface area contributed by atoms with Gasteiger partial charge in [0.1, 0.15) is 0 Å². The Labute approximate surface area is 168 Å². The van der Waals surface area contributed by atoms with Crippen LogP contribution in [0.4, 0.5) is 18.9 Å². The number of ether oxygens (including phenoxy) is 1. The monoisotopic (exact) mass is 412 g/mol. The molecule has 0 radical (unpaired) electrons. The van der Waals surface area contributed by atoms with E-state index >= 15 is 0 Å². The van der Waals surface area contributed by atoms with Crippen LogP contribution < -0.4 is 4.90 Å². The number of rotatable bonds is 8. The number of halogens is 3. The maximum Gasteiger partial charge on any atom is 0.416 e. The molecular formula is C19H27F3N6O. The molecule has 29 heavy (non-hydrogen) atoms. The Bertz CT molecular complexity index is 773. The number of benzene rings is 1. The second-order valence-electron chi connectivity index (χ2n) is 7.13. The molecule has 1 aromatic carbocycles. The lowest BCUT2D eigenvalue weighted by atomic mass is 10.1. The van der Waals surface area contributed by atoms with Crippen molar-refractivity contribution in [2.24, 2.45) is 0 Å². The molecule has 0 N–H and O–H groups in total. The van der Waals surface area contributed by atoms with Crippen molar-refractivity contribution in [1.82, 2.24) is 25.1 Å². The number of aromatic nitrogens is 4. The first-order valence-electron chi connectivity index (χ1n) is 9.85. The maximum atomic E-state index is 13.0. The number of hydrogen-bond donors (Lipinski definition) is 0. The number of alkyl halides is 3. The highest BCUT2D eigenvalue weighted by Gasteiger charge is 2.32. The molecule has 10 heteroatoms. The van der Waals surface area contributed by atoms with Crippen molar-refractivity contribution >= 4 is 5.69 Å². The van der Waals surface area contributed by atoms with Crippen LogP contribution in [0.1, 0.15) is 37.2 Å². The molecule has 2 aromatic rings. The molecule has 1 saturated heterocycles. The maximum absolute atomic E-state index is 13.0. The van der Waals surface area contributed by atoms with Gasteiger partial charge >= 0.3 is 6.18 Å². The van der Waals surface area contributed by atoms with Crippen molar-refractivity contribution in [3.05, 3.63) is 35.7 Å². The normalized spacial score (nSPS) is 16.9. The topological polar surface area (TPSA) is 59.3 Å². The van der Waals surface area contributed by atoms with Crippen LogP contribution in [0.25, 0.3) is 0 Å². The minimum atomic E-state index is -4.33. The van der Waals surface area contributed by atoms with E-state index in [1.807, 2.05) is 4.90 Å². The Morgan fingerprint density at radius 3 is 2.59 bits per heavy atom. The van der Waals surface area contributed by atoms with Gasteiger partial charge in [0.15, 0.2) is 5.82 Å². The van der Waals surface area contributed by atoms with Crippen LogP contribution in [0.3, 0.4) is 0 Å². The predicted molar refractivity (Wildman–Crippen MR) is 103 cm³/mol. The molecule has 3 rings (SSSR count). The molecule has 0 saturated carbocycles. The van der Waals surface area contributed by atoms with Gasteiger partial charge in [-0.25, -0.2) is 4.68 Å². The van der Waals surface area contributed by atoms with Gasteiger partial charge in [-0.2, -0.15) is 13.2 Å². The fourth-order valence-electron chi connectivity index (χ4n) is 3.71. The molecule has 1 fully saturated rings. The summed E-state index contributed by atoms with van der Waals surface area (Å²) in [6.45, 7) is 6.01. The number of tetrazole rings is 1. The van der Waals surface area contributed by atoms with Crippen LogP contribution in [0.5, 0.6) is 0 Å². The third kappa shape index (κ3) is 5.24. The predicted octanol–water partition coefficient (Wildman–Crippen LogP) is 3.00. The number of piperazine rings is 1. The summed E-state index contributed by atoms with van der Waals surface area (Å²) in [4.78, 5) is 4.32. The zero-order chi connectivity index (χ0) is 20.9. The Morgan fingerprint density at radius 2 is 1.93 bits per heavy atom. The van der Waals surface area contributed by atoms with E-state index in [1.54, 1.807) is 17.9 Å². The molecule has 160 valence electrons. The van der Waals surface area contributed by atoms with Gasteiger partial charge in [-0.05, 0) is 35.0 Å². The molecule has 0 unspecified atom stereocenters. The fraction of sp³-hybridized carbons (Fsp3) is 0.632. The van der Waals surface area contributed by atoms with Crippen LogP contribution in [-0.2, 0) is 17.5 Å². The average Bonchev–Trinajstić information content (AvgIpc) is 3.18. The first kappa shape index (κ1) is 21.5. The summed E-state index contributed by atoms with van der Waals surface area (Å²) in [5.74, 6) is 0.816. The zero-order valence-corrected chi connectivity index (χ0v) is 16.8. The van der Waals surface area contributed by atoms with E-state index in [4.69, 9.17) is 4.74 Å². The standard InChI is InChI=1S/C19H27F3N6O/c1-3-5-17(18-23-24-25-28(18)12-13-29-2)27-10-8-26(9-11-27)16-7-4-6-15(14-16)19(20,21)22/h4,6-7,14,17H,3,5,8-13H2,1-2H3/t17-/m0/s1. The Hall–Kier alpha value is -2.20. The summed E-state index contributed by atoms with van der Waals surface area (Å²) < 4.78 is 46.0. The molecular weight excluding hydrogens is 385 g/mol. The molecule has 1 atom stereocenters. The Balaban J connectivity index is 1.69. The second-order valence-corrected chi connectivity index (χ2v) is 7.13. The molecule has 1 aliphatic heterocycles. The van der Waals surface area contributed by atoms with Crippen LogP contribution in [0.2, 0.25) is 0 Å². The molecule has 1 aliphatic rings. The van der Waals surface area contributed by atoms with Gasteiger partial charge in [-0.3, -0.25) is 4.90 Å². The molecule has 0 amide bonds. The van der Waals surface area contributed by atoms with Crippen LogP contribution >= 0.6 is 0 Å². The summed E-state index contributed by atoms with van der Waals surface area (Å²) in [6.07, 6.45) is -2.43. The van der Waals surface area contributed by atoms with Gasteiger partial charge in [0, 0.05) is 39.0 Å². The highest BCUT2D eigenvalue weighted by molar-refractivity contribution is 5.49. The average molecular weight is 412 g/mol. The first-order valence-corrected chi connectivity index (χ1v) is 9.85. The van der Waals surface area contributed by atoms with Gasteiger partial charge in [-0.15, -0.1) is 5.10 Å². The van der Waals surface area contributed by atoms with Gasteiger partial charge in [0.25, 0.3) is 0 Å². The van der Waals surface area contributed by atoms with Crippen LogP contribution in [0, 0.1) is 0 Å². The molecule has 0 aliphatic carbocycles. The van der Waals surface area contributed by atoms with Crippen molar-refractivity contribution in [2.45, 2.75) is 38.5 Å². The van der Waals surface area contributed by atoms with Gasteiger partial charge in [-0.1, -0.05) is 19.4 Å². The Kier molecular flexibility index (Phi) is 7.07. The number of hydrogen-bond acceptors (Lipinski definition) is 6. The summed E-state index contributed by atoms with van der Waals surface area (Å²) in [7, 11) is 1.64. The summed E-state index contributed by atoms with van der Waals surface area (Å²) in [5, 5.41) is 12.2. The van der Waals surface area contributed by atoms with E-state index in [2.05, 4.69) is 27.3 Å². The minimum Gasteiger partial charge on any atom is -0.383 e.